The molecule has 0 atom stereocenters. The second-order valence-electron chi connectivity index (χ2n) is 3.45. The van der Waals surface area contributed by atoms with Crippen LogP contribution in [0.2, 0.25) is 0 Å². The lowest BCUT2D eigenvalue weighted by Gasteiger charge is -2.00. The molecule has 0 aliphatic heterocycles. The normalized spacial score (nSPS) is 11.8. The van der Waals surface area contributed by atoms with E-state index in [1.54, 1.807) is 18.2 Å². The molecule has 1 aromatic carbocycles. The first-order valence-corrected chi connectivity index (χ1v) is 4.86. The number of benzene rings is 1. The van der Waals surface area contributed by atoms with E-state index in [1.165, 1.54) is 13.1 Å². The number of aromatic hydroxyl groups is 1. The zero-order chi connectivity index (χ0) is 12.8. The minimum atomic E-state index is -0.615. The van der Waals surface area contributed by atoms with Crippen molar-refractivity contribution in [2.75, 3.05) is 0 Å². The molecule has 3 N–H and O–H groups in total. The number of hydrogen-bond donors (Lipinski definition) is 3. The number of hydrazone groups is 1. The van der Waals surface area contributed by atoms with Crippen molar-refractivity contribution in [2.45, 2.75) is 13.8 Å². The van der Waals surface area contributed by atoms with Gasteiger partial charge in [0.1, 0.15) is 11.5 Å². The van der Waals surface area contributed by atoms with E-state index < -0.39 is 5.91 Å². The van der Waals surface area contributed by atoms with Crippen LogP contribution in [0.25, 0.3) is 0 Å². The number of phenols is 1. The van der Waals surface area contributed by atoms with Crippen molar-refractivity contribution in [1.29, 1.82) is 0 Å². The third-order valence-electron chi connectivity index (χ3n) is 2.03. The molecule has 0 saturated carbocycles. The van der Waals surface area contributed by atoms with Crippen LogP contribution in [0.1, 0.15) is 18.1 Å². The first kappa shape index (κ1) is 12.7. The molecule has 6 nitrogen and oxygen atoms in total. The number of phenolic OH excluding ortho intramolecular Hbond substituents is 1. The summed E-state index contributed by atoms with van der Waals surface area (Å²) in [5, 5.41) is 24.2. The highest BCUT2D eigenvalue weighted by Gasteiger charge is 2.04. The lowest BCUT2D eigenvalue weighted by Crippen LogP contribution is -2.24. The van der Waals surface area contributed by atoms with E-state index in [9.17, 15) is 9.90 Å². The molecule has 1 aromatic rings. The van der Waals surface area contributed by atoms with Crippen LogP contribution in [0.3, 0.4) is 0 Å². The van der Waals surface area contributed by atoms with E-state index in [2.05, 4.69) is 15.7 Å². The van der Waals surface area contributed by atoms with Gasteiger partial charge in [-0.1, -0.05) is 16.8 Å². The third kappa shape index (κ3) is 3.60. The summed E-state index contributed by atoms with van der Waals surface area (Å²) < 4.78 is 0. The molecule has 1 rings (SSSR count). The first-order valence-electron chi connectivity index (χ1n) is 4.86. The molecule has 0 spiro atoms. The number of amides is 1. The molecule has 0 aliphatic carbocycles. The highest BCUT2D eigenvalue weighted by Crippen LogP contribution is 2.15. The van der Waals surface area contributed by atoms with Crippen molar-refractivity contribution in [3.63, 3.8) is 0 Å². The summed E-state index contributed by atoms with van der Waals surface area (Å²) in [6.45, 7) is 3.22. The van der Waals surface area contributed by atoms with Crippen molar-refractivity contribution in [1.82, 2.24) is 5.43 Å². The average Bonchev–Trinajstić information content (AvgIpc) is 2.32. The van der Waals surface area contributed by atoms with Crippen molar-refractivity contribution < 1.29 is 15.1 Å². The van der Waals surface area contributed by atoms with Crippen molar-refractivity contribution in [2.24, 2.45) is 10.3 Å². The van der Waals surface area contributed by atoms with Gasteiger partial charge in [-0.25, -0.2) is 5.43 Å². The lowest BCUT2D eigenvalue weighted by molar-refractivity contribution is -0.114. The first-order chi connectivity index (χ1) is 8.04. The topological polar surface area (TPSA) is 94.3 Å². The SMILES string of the molecule is C/C(=N\O)C(=O)N/N=C/c1cc(C)ccc1O. The molecule has 0 saturated heterocycles. The summed E-state index contributed by atoms with van der Waals surface area (Å²) in [6, 6.07) is 5.02. The quantitative estimate of drug-likeness (QED) is 0.414. The Labute approximate surface area is 98.3 Å². The zero-order valence-corrected chi connectivity index (χ0v) is 9.51. The van der Waals surface area contributed by atoms with Gasteiger partial charge in [0.15, 0.2) is 0 Å². The molecule has 0 unspecified atom stereocenters. The van der Waals surface area contributed by atoms with Crippen LogP contribution in [0.15, 0.2) is 28.5 Å². The van der Waals surface area contributed by atoms with Gasteiger partial charge in [-0.05, 0) is 26.0 Å². The van der Waals surface area contributed by atoms with Crippen molar-refractivity contribution in [3.05, 3.63) is 29.3 Å². The molecule has 0 radical (unpaired) electrons. The Hall–Kier alpha value is -2.37. The Bertz CT molecular complexity index is 481. The number of nitrogens with zero attached hydrogens (tertiary/aromatic N) is 2. The molecule has 90 valence electrons. The minimum absolute atomic E-state index is 0.0705. The van der Waals surface area contributed by atoms with Gasteiger partial charge in [0, 0.05) is 5.56 Å². The van der Waals surface area contributed by atoms with Gasteiger partial charge in [0.2, 0.25) is 0 Å². The van der Waals surface area contributed by atoms with Crippen molar-refractivity contribution >= 4 is 17.8 Å². The van der Waals surface area contributed by atoms with Crippen LogP contribution >= 0.6 is 0 Å². The summed E-state index contributed by atoms with van der Waals surface area (Å²) in [5.41, 5.74) is 3.51. The Morgan fingerprint density at radius 1 is 1.47 bits per heavy atom. The van der Waals surface area contributed by atoms with Gasteiger partial charge < -0.3 is 10.3 Å². The fraction of sp³-hybridized carbons (Fsp3) is 0.182. The van der Waals surface area contributed by atoms with E-state index in [-0.39, 0.29) is 11.5 Å². The maximum atomic E-state index is 11.1. The van der Waals surface area contributed by atoms with Gasteiger partial charge in [0.05, 0.1) is 6.21 Å². The predicted octanol–water partition coefficient (Wildman–Crippen LogP) is 1.00. The number of carbonyl (C=O) groups excluding carboxylic acids is 1. The number of nitrogens with one attached hydrogen (secondary N) is 1. The van der Waals surface area contributed by atoms with E-state index >= 15 is 0 Å². The largest absolute Gasteiger partial charge is 0.507 e. The summed E-state index contributed by atoms with van der Waals surface area (Å²) in [7, 11) is 0. The molecular formula is C11H13N3O3. The molecule has 1 amide bonds. The fourth-order valence-corrected chi connectivity index (χ4v) is 1.06. The van der Waals surface area contributed by atoms with Gasteiger partial charge in [-0.2, -0.15) is 5.10 Å². The zero-order valence-electron chi connectivity index (χ0n) is 9.51. The number of carbonyl (C=O) groups is 1. The standard InChI is InChI=1S/C11H13N3O3/c1-7-3-4-10(15)9(5-7)6-12-13-11(16)8(2)14-17/h3-6,15,17H,1-2H3,(H,13,16)/b12-6+,14-8+. The van der Waals surface area contributed by atoms with E-state index in [4.69, 9.17) is 5.21 Å². The van der Waals surface area contributed by atoms with E-state index in [0.717, 1.165) is 5.56 Å². The van der Waals surface area contributed by atoms with E-state index in [1.807, 2.05) is 6.92 Å². The molecule has 0 bridgehead atoms. The highest BCUT2D eigenvalue weighted by atomic mass is 16.4. The van der Waals surface area contributed by atoms with Gasteiger partial charge in [0.25, 0.3) is 5.91 Å². The predicted molar refractivity (Wildman–Crippen MR) is 63.5 cm³/mol. The Kier molecular flexibility index (Phi) is 4.21. The molecular weight excluding hydrogens is 222 g/mol. The molecule has 0 heterocycles. The van der Waals surface area contributed by atoms with Gasteiger partial charge in [-0.15, -0.1) is 0 Å². The Balaban J connectivity index is 2.72. The van der Waals surface area contributed by atoms with Crippen LogP contribution in [-0.4, -0.2) is 28.1 Å². The second kappa shape index (κ2) is 5.64. The maximum Gasteiger partial charge on any atom is 0.288 e. The van der Waals surface area contributed by atoms with Crippen LogP contribution < -0.4 is 5.43 Å². The smallest absolute Gasteiger partial charge is 0.288 e. The van der Waals surface area contributed by atoms with Crippen LogP contribution in [0.5, 0.6) is 5.75 Å². The molecule has 17 heavy (non-hydrogen) atoms. The lowest BCUT2D eigenvalue weighted by atomic mass is 10.1. The minimum Gasteiger partial charge on any atom is -0.507 e. The highest BCUT2D eigenvalue weighted by molar-refractivity contribution is 6.37. The Morgan fingerprint density at radius 3 is 2.82 bits per heavy atom. The van der Waals surface area contributed by atoms with Crippen LogP contribution in [-0.2, 0) is 4.79 Å². The summed E-state index contributed by atoms with van der Waals surface area (Å²) in [6.07, 6.45) is 1.31. The second-order valence-corrected chi connectivity index (χ2v) is 3.45. The summed E-state index contributed by atoms with van der Waals surface area (Å²) in [4.78, 5) is 11.1. The molecule has 0 fully saturated rings. The molecule has 0 aromatic heterocycles. The van der Waals surface area contributed by atoms with E-state index in [0.29, 0.717) is 5.56 Å². The summed E-state index contributed by atoms with van der Waals surface area (Å²) in [5.74, 6) is -0.544. The molecule has 0 aliphatic rings. The average molecular weight is 235 g/mol. The van der Waals surface area contributed by atoms with Crippen LogP contribution in [0.4, 0.5) is 0 Å². The molecule has 6 heteroatoms. The van der Waals surface area contributed by atoms with Gasteiger partial charge >= 0.3 is 0 Å². The number of rotatable bonds is 3. The summed E-state index contributed by atoms with van der Waals surface area (Å²) >= 11 is 0. The monoisotopic (exact) mass is 235 g/mol. The fourth-order valence-electron chi connectivity index (χ4n) is 1.06. The number of hydrogen-bond acceptors (Lipinski definition) is 5. The van der Waals surface area contributed by atoms with Crippen molar-refractivity contribution in [3.8, 4) is 5.75 Å². The van der Waals surface area contributed by atoms with Gasteiger partial charge in [-0.3, -0.25) is 4.79 Å². The van der Waals surface area contributed by atoms with Crippen LogP contribution in [0, 0.1) is 6.92 Å². The third-order valence-corrected chi connectivity index (χ3v) is 2.03. The Morgan fingerprint density at radius 2 is 2.18 bits per heavy atom. The maximum absolute atomic E-state index is 11.1. The number of oxime groups is 1. The number of aryl methyl sites for hydroxylation is 1.